The third-order valence-corrected chi connectivity index (χ3v) is 5.22. The van der Waals surface area contributed by atoms with E-state index in [2.05, 4.69) is 25.4 Å². The van der Waals surface area contributed by atoms with E-state index in [9.17, 15) is 0 Å². The largest absolute Gasteiger partial charge is 0.314 e. The van der Waals surface area contributed by atoms with E-state index in [4.69, 9.17) is 0 Å². The number of unbranched alkanes of at least 4 members (excludes halogenated alkanes) is 9. The lowest BCUT2D eigenvalue weighted by Gasteiger charge is -2.19. The Balaban J connectivity index is 3.69. The van der Waals surface area contributed by atoms with Gasteiger partial charge in [0.05, 0.1) is 0 Å². The molecular formula is C20H43NS. The summed E-state index contributed by atoms with van der Waals surface area (Å²) in [6.07, 6.45) is 22.0. The SMILES string of the molecule is CCCCCCCCC(CCCCCCC)NCCCSC. The smallest absolute Gasteiger partial charge is 0.00670 e. The third-order valence-electron chi connectivity index (χ3n) is 4.52. The molecular weight excluding hydrogens is 286 g/mol. The second-order valence-electron chi connectivity index (χ2n) is 6.76. The van der Waals surface area contributed by atoms with Gasteiger partial charge in [0.2, 0.25) is 0 Å². The van der Waals surface area contributed by atoms with Crippen molar-refractivity contribution in [3.8, 4) is 0 Å². The first kappa shape index (κ1) is 22.3. The molecule has 0 aliphatic carbocycles. The van der Waals surface area contributed by atoms with Gasteiger partial charge in [0, 0.05) is 6.04 Å². The first-order valence-corrected chi connectivity index (χ1v) is 11.5. The quantitative estimate of drug-likeness (QED) is 0.277. The maximum atomic E-state index is 3.83. The molecule has 0 aliphatic heterocycles. The molecule has 0 rings (SSSR count). The van der Waals surface area contributed by atoms with Crippen molar-refractivity contribution < 1.29 is 0 Å². The summed E-state index contributed by atoms with van der Waals surface area (Å²) in [7, 11) is 0. The zero-order valence-corrected chi connectivity index (χ0v) is 16.6. The van der Waals surface area contributed by atoms with Crippen LogP contribution < -0.4 is 5.32 Å². The van der Waals surface area contributed by atoms with E-state index in [0.717, 1.165) is 6.04 Å². The van der Waals surface area contributed by atoms with Crippen LogP contribution in [0.5, 0.6) is 0 Å². The lowest BCUT2D eigenvalue weighted by Crippen LogP contribution is -2.30. The second kappa shape index (κ2) is 19.4. The second-order valence-corrected chi connectivity index (χ2v) is 7.74. The van der Waals surface area contributed by atoms with E-state index >= 15 is 0 Å². The number of rotatable bonds is 18. The molecule has 0 bridgehead atoms. The molecule has 1 atom stereocenters. The van der Waals surface area contributed by atoms with Gasteiger partial charge in [0.25, 0.3) is 0 Å². The zero-order valence-electron chi connectivity index (χ0n) is 15.8. The highest BCUT2D eigenvalue weighted by Gasteiger charge is 2.07. The Labute approximate surface area is 145 Å². The Bertz CT molecular complexity index is 196. The van der Waals surface area contributed by atoms with E-state index in [0.29, 0.717) is 0 Å². The molecule has 0 radical (unpaired) electrons. The molecule has 0 aromatic rings. The molecule has 0 saturated heterocycles. The summed E-state index contributed by atoms with van der Waals surface area (Å²) >= 11 is 1.97. The first-order chi connectivity index (χ1) is 10.8. The molecule has 1 N–H and O–H groups in total. The van der Waals surface area contributed by atoms with Gasteiger partial charge in [-0.3, -0.25) is 0 Å². The Hall–Kier alpha value is 0.310. The highest BCUT2D eigenvalue weighted by molar-refractivity contribution is 7.98. The van der Waals surface area contributed by atoms with Crippen LogP contribution in [-0.2, 0) is 0 Å². The Morgan fingerprint density at radius 3 is 1.68 bits per heavy atom. The molecule has 1 unspecified atom stereocenters. The highest BCUT2D eigenvalue weighted by Crippen LogP contribution is 2.14. The van der Waals surface area contributed by atoms with E-state index in [1.165, 1.54) is 102 Å². The van der Waals surface area contributed by atoms with Gasteiger partial charge in [-0.25, -0.2) is 0 Å². The van der Waals surface area contributed by atoms with Gasteiger partial charge < -0.3 is 5.32 Å². The Morgan fingerprint density at radius 1 is 0.682 bits per heavy atom. The van der Waals surface area contributed by atoms with Gasteiger partial charge in [-0.05, 0) is 37.8 Å². The van der Waals surface area contributed by atoms with Crippen molar-refractivity contribution in [3.05, 3.63) is 0 Å². The van der Waals surface area contributed by atoms with Crippen molar-refractivity contribution in [1.29, 1.82) is 0 Å². The van der Waals surface area contributed by atoms with E-state index in [-0.39, 0.29) is 0 Å². The maximum absolute atomic E-state index is 3.83. The predicted octanol–water partition coefficient (Wildman–Crippen LogP) is 6.81. The fraction of sp³-hybridized carbons (Fsp3) is 1.00. The van der Waals surface area contributed by atoms with Crippen LogP contribution in [0.3, 0.4) is 0 Å². The highest BCUT2D eigenvalue weighted by atomic mass is 32.2. The molecule has 0 saturated carbocycles. The van der Waals surface area contributed by atoms with Gasteiger partial charge in [0.15, 0.2) is 0 Å². The molecule has 1 nitrogen and oxygen atoms in total. The summed E-state index contributed by atoms with van der Waals surface area (Å²) < 4.78 is 0. The summed E-state index contributed by atoms with van der Waals surface area (Å²) in [5, 5.41) is 3.83. The molecule has 0 heterocycles. The van der Waals surface area contributed by atoms with Crippen molar-refractivity contribution in [2.75, 3.05) is 18.6 Å². The van der Waals surface area contributed by atoms with Crippen LogP contribution in [0.25, 0.3) is 0 Å². The van der Waals surface area contributed by atoms with Crippen LogP contribution in [0.4, 0.5) is 0 Å². The zero-order chi connectivity index (χ0) is 16.3. The summed E-state index contributed by atoms with van der Waals surface area (Å²) in [5.74, 6) is 1.30. The van der Waals surface area contributed by atoms with Crippen molar-refractivity contribution in [1.82, 2.24) is 5.32 Å². The summed E-state index contributed by atoms with van der Waals surface area (Å²) in [6, 6.07) is 0.787. The molecule has 2 heteroatoms. The predicted molar refractivity (Wildman–Crippen MR) is 106 cm³/mol. The minimum Gasteiger partial charge on any atom is -0.314 e. The number of hydrogen-bond acceptors (Lipinski definition) is 2. The molecule has 0 fully saturated rings. The Kier molecular flexibility index (Phi) is 19.6. The summed E-state index contributed by atoms with van der Waals surface area (Å²) in [6.45, 7) is 5.82. The molecule has 0 aromatic carbocycles. The average Bonchev–Trinajstić information content (AvgIpc) is 2.53. The first-order valence-electron chi connectivity index (χ1n) is 10.1. The third kappa shape index (κ3) is 16.7. The van der Waals surface area contributed by atoms with Crippen molar-refractivity contribution in [2.24, 2.45) is 0 Å². The molecule has 0 spiro atoms. The minimum absolute atomic E-state index is 0.787. The van der Waals surface area contributed by atoms with Crippen molar-refractivity contribution in [2.45, 2.75) is 110 Å². The van der Waals surface area contributed by atoms with Crippen molar-refractivity contribution in [3.63, 3.8) is 0 Å². The van der Waals surface area contributed by atoms with Crippen LogP contribution in [0.15, 0.2) is 0 Å². The molecule has 0 amide bonds. The van der Waals surface area contributed by atoms with E-state index in [1.807, 2.05) is 11.8 Å². The van der Waals surface area contributed by atoms with Gasteiger partial charge in [-0.1, -0.05) is 84.5 Å². The average molecular weight is 330 g/mol. The van der Waals surface area contributed by atoms with Gasteiger partial charge >= 0.3 is 0 Å². The van der Waals surface area contributed by atoms with Gasteiger partial charge in [0.1, 0.15) is 0 Å². The number of nitrogens with one attached hydrogen (secondary N) is 1. The molecule has 0 aromatic heterocycles. The molecule has 0 aliphatic rings. The van der Waals surface area contributed by atoms with Gasteiger partial charge in [-0.15, -0.1) is 0 Å². The molecule has 22 heavy (non-hydrogen) atoms. The number of thioether (sulfide) groups is 1. The molecule has 134 valence electrons. The van der Waals surface area contributed by atoms with Crippen molar-refractivity contribution >= 4 is 11.8 Å². The summed E-state index contributed by atoms with van der Waals surface area (Å²) in [5.41, 5.74) is 0. The fourth-order valence-corrected chi connectivity index (χ4v) is 3.47. The van der Waals surface area contributed by atoms with E-state index < -0.39 is 0 Å². The topological polar surface area (TPSA) is 12.0 Å². The van der Waals surface area contributed by atoms with E-state index in [1.54, 1.807) is 0 Å². The van der Waals surface area contributed by atoms with Crippen LogP contribution in [0.1, 0.15) is 104 Å². The maximum Gasteiger partial charge on any atom is 0.00670 e. The summed E-state index contributed by atoms with van der Waals surface area (Å²) in [4.78, 5) is 0. The van der Waals surface area contributed by atoms with Crippen LogP contribution in [0, 0.1) is 0 Å². The van der Waals surface area contributed by atoms with Gasteiger partial charge in [-0.2, -0.15) is 11.8 Å². The Morgan fingerprint density at radius 2 is 1.18 bits per heavy atom. The van der Waals surface area contributed by atoms with Crippen LogP contribution in [-0.4, -0.2) is 24.6 Å². The lowest BCUT2D eigenvalue weighted by molar-refractivity contribution is 0.413. The standard InChI is InChI=1S/C20H43NS/c1-4-6-8-10-12-14-17-20(21-18-15-19-22-3)16-13-11-9-7-5-2/h20-21H,4-19H2,1-3H3. The lowest BCUT2D eigenvalue weighted by atomic mass is 10.00. The number of hydrogen-bond donors (Lipinski definition) is 1. The van der Waals surface area contributed by atoms with Crippen LogP contribution in [0.2, 0.25) is 0 Å². The monoisotopic (exact) mass is 329 g/mol. The normalized spacial score (nSPS) is 12.7. The fourth-order valence-electron chi connectivity index (χ4n) is 3.04. The van der Waals surface area contributed by atoms with Crippen LogP contribution >= 0.6 is 11.8 Å². The minimum atomic E-state index is 0.787.